The van der Waals surface area contributed by atoms with E-state index in [0.717, 1.165) is 27.0 Å². The molecule has 0 aliphatic rings. The number of nitrogens with zero attached hydrogens (tertiary/aromatic N) is 4. The Morgan fingerprint density at radius 3 is 2.62 bits per heavy atom. The monoisotopic (exact) mass is 555 g/mol. The highest BCUT2D eigenvalue weighted by Gasteiger charge is 2.17. The number of thioether (sulfide) groups is 1. The molecule has 1 aromatic heterocycles. The van der Waals surface area contributed by atoms with Gasteiger partial charge >= 0.3 is 0 Å². The number of hydrazone groups is 1. The average molecular weight is 557 g/mol. The Balaban J connectivity index is 1.47. The third-order valence-electron chi connectivity index (χ3n) is 4.66. The molecule has 4 rings (SSSR count). The summed E-state index contributed by atoms with van der Waals surface area (Å²) in [5.41, 5.74) is 5.12. The molecule has 0 saturated carbocycles. The Hall–Kier alpha value is -3.14. The van der Waals surface area contributed by atoms with Crippen molar-refractivity contribution in [2.75, 3.05) is 12.9 Å². The Morgan fingerprint density at radius 1 is 1.15 bits per heavy atom. The van der Waals surface area contributed by atoms with E-state index in [2.05, 4.69) is 36.7 Å². The van der Waals surface area contributed by atoms with Crippen molar-refractivity contribution in [3.63, 3.8) is 0 Å². The molecule has 1 heterocycles. The molecular formula is C24H19BrClN5O2S. The van der Waals surface area contributed by atoms with E-state index < -0.39 is 0 Å². The molecule has 1 amide bonds. The van der Waals surface area contributed by atoms with Gasteiger partial charge in [0, 0.05) is 16.3 Å². The predicted molar refractivity (Wildman–Crippen MR) is 139 cm³/mol. The van der Waals surface area contributed by atoms with E-state index in [0.29, 0.717) is 16.0 Å². The first-order valence-corrected chi connectivity index (χ1v) is 12.3. The molecule has 34 heavy (non-hydrogen) atoms. The van der Waals surface area contributed by atoms with Crippen molar-refractivity contribution in [1.29, 1.82) is 0 Å². The standard InChI is InChI=1S/C24H19BrClN5O2S/c1-33-21-12-7-16(13-20(21)25)14-27-28-22(32)15-34-24-30-29-23(17-8-10-18(26)11-9-17)31(24)19-5-3-2-4-6-19/h2-14H,15H2,1H3,(H,28,32)/b27-14-. The summed E-state index contributed by atoms with van der Waals surface area (Å²) >= 11 is 10.7. The number of para-hydroxylation sites is 1. The molecule has 10 heteroatoms. The number of benzene rings is 3. The van der Waals surface area contributed by atoms with E-state index in [1.165, 1.54) is 11.8 Å². The maximum Gasteiger partial charge on any atom is 0.250 e. The number of nitrogens with one attached hydrogen (secondary N) is 1. The molecule has 3 aromatic carbocycles. The Labute approximate surface area is 214 Å². The van der Waals surface area contributed by atoms with E-state index in [4.69, 9.17) is 16.3 Å². The minimum Gasteiger partial charge on any atom is -0.496 e. The second-order valence-corrected chi connectivity index (χ2v) is 9.19. The van der Waals surface area contributed by atoms with Gasteiger partial charge in [0.25, 0.3) is 5.91 Å². The van der Waals surface area contributed by atoms with Crippen LogP contribution in [0, 0.1) is 0 Å². The molecule has 0 unspecified atom stereocenters. The van der Waals surface area contributed by atoms with Crippen LogP contribution in [0.4, 0.5) is 0 Å². The number of hydrogen-bond donors (Lipinski definition) is 1. The first kappa shape index (κ1) is 24.0. The number of methoxy groups -OCH3 is 1. The molecule has 0 spiro atoms. The van der Waals surface area contributed by atoms with Gasteiger partial charge in [-0.15, -0.1) is 10.2 Å². The van der Waals surface area contributed by atoms with Crippen molar-refractivity contribution >= 4 is 51.4 Å². The maximum absolute atomic E-state index is 12.4. The van der Waals surface area contributed by atoms with Crippen LogP contribution in [-0.4, -0.2) is 39.7 Å². The summed E-state index contributed by atoms with van der Waals surface area (Å²) in [5, 5.41) is 14.0. The molecule has 0 bridgehead atoms. The number of amides is 1. The quantitative estimate of drug-likeness (QED) is 0.174. The minimum absolute atomic E-state index is 0.120. The highest BCUT2D eigenvalue weighted by molar-refractivity contribution is 9.10. The van der Waals surface area contributed by atoms with Gasteiger partial charge in [-0.3, -0.25) is 9.36 Å². The minimum atomic E-state index is -0.260. The summed E-state index contributed by atoms with van der Waals surface area (Å²) in [7, 11) is 1.60. The lowest BCUT2D eigenvalue weighted by Gasteiger charge is -2.10. The van der Waals surface area contributed by atoms with Gasteiger partial charge < -0.3 is 4.74 Å². The molecule has 0 radical (unpaired) electrons. The van der Waals surface area contributed by atoms with Crippen molar-refractivity contribution in [2.45, 2.75) is 5.16 Å². The number of carbonyl (C=O) groups excluding carboxylic acids is 1. The highest BCUT2D eigenvalue weighted by Crippen LogP contribution is 2.28. The predicted octanol–water partition coefficient (Wildman–Crippen LogP) is 5.60. The smallest absolute Gasteiger partial charge is 0.250 e. The van der Waals surface area contributed by atoms with Crippen molar-refractivity contribution < 1.29 is 9.53 Å². The lowest BCUT2D eigenvalue weighted by molar-refractivity contribution is -0.118. The lowest BCUT2D eigenvalue weighted by atomic mass is 10.2. The summed E-state index contributed by atoms with van der Waals surface area (Å²) in [6.45, 7) is 0. The fraction of sp³-hybridized carbons (Fsp3) is 0.0833. The molecule has 0 fully saturated rings. The summed E-state index contributed by atoms with van der Waals surface area (Å²) in [6.07, 6.45) is 1.57. The molecule has 1 N–H and O–H groups in total. The largest absolute Gasteiger partial charge is 0.496 e. The van der Waals surface area contributed by atoms with Crippen LogP contribution in [0.25, 0.3) is 17.1 Å². The van der Waals surface area contributed by atoms with Gasteiger partial charge in [0.05, 0.1) is 23.5 Å². The van der Waals surface area contributed by atoms with Crippen molar-refractivity contribution in [2.24, 2.45) is 5.10 Å². The zero-order valence-corrected chi connectivity index (χ0v) is 21.1. The Morgan fingerprint density at radius 2 is 1.91 bits per heavy atom. The topological polar surface area (TPSA) is 81.4 Å². The van der Waals surface area contributed by atoms with Gasteiger partial charge in [0.15, 0.2) is 11.0 Å². The van der Waals surface area contributed by atoms with Gasteiger partial charge in [-0.2, -0.15) is 5.10 Å². The second kappa shape index (κ2) is 11.3. The number of rotatable bonds is 8. The number of carbonyl (C=O) groups is 1. The van der Waals surface area contributed by atoms with Crippen LogP contribution in [0.5, 0.6) is 5.75 Å². The molecule has 4 aromatic rings. The van der Waals surface area contributed by atoms with Gasteiger partial charge in [0.1, 0.15) is 5.75 Å². The van der Waals surface area contributed by atoms with Gasteiger partial charge in [0.2, 0.25) is 0 Å². The normalized spacial score (nSPS) is 11.0. The third-order valence-corrected chi connectivity index (χ3v) is 6.46. The van der Waals surface area contributed by atoms with Crippen LogP contribution >= 0.6 is 39.3 Å². The summed E-state index contributed by atoms with van der Waals surface area (Å²) in [4.78, 5) is 12.4. The summed E-state index contributed by atoms with van der Waals surface area (Å²) < 4.78 is 7.93. The Bertz CT molecular complexity index is 1310. The number of halogens is 2. The maximum atomic E-state index is 12.4. The number of ether oxygens (including phenoxy) is 1. The van der Waals surface area contributed by atoms with E-state index in [1.807, 2.05) is 65.2 Å². The van der Waals surface area contributed by atoms with Crippen LogP contribution in [0.1, 0.15) is 5.56 Å². The van der Waals surface area contributed by atoms with Crippen LogP contribution in [0.15, 0.2) is 87.5 Å². The van der Waals surface area contributed by atoms with Crippen LogP contribution in [0.3, 0.4) is 0 Å². The van der Waals surface area contributed by atoms with Crippen LogP contribution in [0.2, 0.25) is 5.02 Å². The number of hydrogen-bond acceptors (Lipinski definition) is 6. The van der Waals surface area contributed by atoms with Gasteiger partial charge in [-0.1, -0.05) is 41.6 Å². The first-order chi connectivity index (χ1) is 16.5. The molecule has 0 aliphatic heterocycles. The molecule has 7 nitrogen and oxygen atoms in total. The Kier molecular flexibility index (Phi) is 7.99. The number of aromatic nitrogens is 3. The average Bonchev–Trinajstić information content (AvgIpc) is 3.28. The van der Waals surface area contributed by atoms with Crippen LogP contribution in [-0.2, 0) is 4.79 Å². The lowest BCUT2D eigenvalue weighted by Crippen LogP contribution is -2.20. The molecular weight excluding hydrogens is 538 g/mol. The van der Waals surface area contributed by atoms with E-state index in [-0.39, 0.29) is 11.7 Å². The molecule has 172 valence electrons. The highest BCUT2D eigenvalue weighted by atomic mass is 79.9. The van der Waals surface area contributed by atoms with E-state index >= 15 is 0 Å². The molecule has 0 aliphatic carbocycles. The zero-order chi connectivity index (χ0) is 23.9. The van der Waals surface area contributed by atoms with E-state index in [9.17, 15) is 4.79 Å². The van der Waals surface area contributed by atoms with Crippen LogP contribution < -0.4 is 10.2 Å². The zero-order valence-electron chi connectivity index (χ0n) is 18.0. The SMILES string of the molecule is COc1ccc(/C=N\NC(=O)CSc2nnc(-c3ccc(Cl)cc3)n2-c2ccccc2)cc1Br. The van der Waals surface area contributed by atoms with E-state index in [1.54, 1.807) is 25.5 Å². The summed E-state index contributed by atoms with van der Waals surface area (Å²) in [5.74, 6) is 1.24. The molecule has 0 atom stereocenters. The first-order valence-electron chi connectivity index (χ1n) is 10.1. The fourth-order valence-electron chi connectivity index (χ4n) is 3.06. The van der Waals surface area contributed by atoms with Gasteiger partial charge in [-0.05, 0) is 76.1 Å². The van der Waals surface area contributed by atoms with Crippen molar-refractivity contribution in [1.82, 2.24) is 20.2 Å². The second-order valence-electron chi connectivity index (χ2n) is 6.96. The molecule has 0 saturated heterocycles. The van der Waals surface area contributed by atoms with Crippen molar-refractivity contribution in [3.8, 4) is 22.8 Å². The fourth-order valence-corrected chi connectivity index (χ4v) is 4.49. The summed E-state index contributed by atoms with van der Waals surface area (Å²) in [6, 6.07) is 22.6. The third kappa shape index (κ3) is 5.85. The van der Waals surface area contributed by atoms with Crippen molar-refractivity contribution in [3.05, 3.63) is 87.9 Å². The van der Waals surface area contributed by atoms with Gasteiger partial charge in [-0.25, -0.2) is 5.43 Å².